The molecule has 29 heavy (non-hydrogen) atoms. The first-order valence-electron chi connectivity index (χ1n) is 11.3. The van der Waals surface area contributed by atoms with E-state index < -0.39 is 6.10 Å². The zero-order chi connectivity index (χ0) is 20.4. The zero-order valence-electron chi connectivity index (χ0n) is 17.6. The van der Waals surface area contributed by atoms with Crippen molar-refractivity contribution in [3.8, 4) is 0 Å². The van der Waals surface area contributed by atoms with E-state index in [-0.39, 0.29) is 22.8 Å². The van der Waals surface area contributed by atoms with Gasteiger partial charge in [-0.15, -0.1) is 0 Å². The highest BCUT2D eigenvalue weighted by molar-refractivity contribution is 5.55. The Labute approximate surface area is 173 Å². The van der Waals surface area contributed by atoms with Gasteiger partial charge in [-0.1, -0.05) is 43.7 Å². The number of hydrogen-bond donors (Lipinski definition) is 2. The first-order chi connectivity index (χ1) is 13.8. The van der Waals surface area contributed by atoms with E-state index in [0.717, 1.165) is 49.7 Å². The minimum absolute atomic E-state index is 0.0666. The summed E-state index contributed by atoms with van der Waals surface area (Å²) in [7, 11) is 0. The maximum Gasteiger partial charge on any atom is 0.123 e. The molecule has 0 aromatic heterocycles. The molecule has 0 bridgehead atoms. The van der Waals surface area contributed by atoms with Gasteiger partial charge in [0.25, 0.3) is 0 Å². The molecule has 3 fully saturated rings. The number of benzene rings is 1. The van der Waals surface area contributed by atoms with Gasteiger partial charge in [0.05, 0.1) is 12.2 Å². The van der Waals surface area contributed by atoms with Crippen LogP contribution in [0.3, 0.4) is 0 Å². The molecule has 3 heteroatoms. The van der Waals surface area contributed by atoms with E-state index in [4.69, 9.17) is 0 Å². The van der Waals surface area contributed by atoms with Crippen molar-refractivity contribution in [3.63, 3.8) is 0 Å². The lowest BCUT2D eigenvalue weighted by atomic mass is 9.48. The van der Waals surface area contributed by atoms with E-state index in [9.17, 15) is 14.6 Å². The van der Waals surface area contributed by atoms with Crippen LogP contribution in [0.5, 0.6) is 0 Å². The van der Waals surface area contributed by atoms with Gasteiger partial charge < -0.3 is 10.2 Å². The molecule has 0 saturated heterocycles. The molecular weight excluding hydrogens is 363 g/mol. The van der Waals surface area contributed by atoms with Crippen LogP contribution in [0.15, 0.2) is 41.5 Å². The summed E-state index contributed by atoms with van der Waals surface area (Å²) in [5, 5.41) is 21.5. The van der Waals surface area contributed by atoms with Gasteiger partial charge in [-0.05, 0) is 91.4 Å². The van der Waals surface area contributed by atoms with Gasteiger partial charge in [-0.3, -0.25) is 0 Å². The van der Waals surface area contributed by atoms with Gasteiger partial charge in [0.2, 0.25) is 0 Å². The molecule has 0 amide bonds. The molecule has 7 atom stereocenters. The summed E-state index contributed by atoms with van der Waals surface area (Å²) in [5.74, 6) is 1.53. The minimum Gasteiger partial charge on any atom is -0.393 e. The van der Waals surface area contributed by atoms with Gasteiger partial charge in [-0.2, -0.15) is 0 Å². The number of aliphatic hydroxyl groups is 2. The number of halogens is 1. The van der Waals surface area contributed by atoms with Crippen LogP contribution in [0.4, 0.5) is 4.39 Å². The Bertz CT molecular complexity index is 856. The van der Waals surface area contributed by atoms with Crippen LogP contribution in [0.1, 0.15) is 64.4 Å². The normalized spacial score (nSPS) is 45.3. The maximum absolute atomic E-state index is 13.3. The van der Waals surface area contributed by atoms with Crippen LogP contribution >= 0.6 is 0 Å². The SMILES string of the molecule is C[C@@]12CC[C@@H]3[C@H](CC=C4C[C@@H](O)CC[C@@]43C)[C@H]1C/C(=C/c1ccc(F)cc1)[C@H]2O. The Balaban J connectivity index is 1.46. The molecule has 1 aromatic rings. The average molecular weight is 397 g/mol. The fourth-order valence-electron chi connectivity index (χ4n) is 7.41. The Morgan fingerprint density at radius 1 is 1.00 bits per heavy atom. The fraction of sp³-hybridized carbons (Fsp3) is 0.615. The Hall–Kier alpha value is -1.45. The number of fused-ring (bicyclic) bond motifs is 5. The molecule has 0 heterocycles. The highest BCUT2D eigenvalue weighted by Crippen LogP contribution is 2.65. The summed E-state index contributed by atoms with van der Waals surface area (Å²) < 4.78 is 13.3. The maximum atomic E-state index is 13.3. The van der Waals surface area contributed by atoms with Gasteiger partial charge in [0.1, 0.15) is 5.82 Å². The highest BCUT2D eigenvalue weighted by Gasteiger charge is 2.59. The second-order valence-corrected chi connectivity index (χ2v) is 10.6. The first kappa shape index (κ1) is 19.5. The summed E-state index contributed by atoms with van der Waals surface area (Å²) in [6.07, 6.45) is 11.0. The van der Waals surface area contributed by atoms with Crippen LogP contribution in [0.2, 0.25) is 0 Å². The van der Waals surface area contributed by atoms with Crippen molar-refractivity contribution in [2.45, 2.75) is 71.0 Å². The van der Waals surface area contributed by atoms with Crippen molar-refractivity contribution in [1.29, 1.82) is 0 Å². The topological polar surface area (TPSA) is 40.5 Å². The lowest BCUT2D eigenvalue weighted by Gasteiger charge is -2.57. The zero-order valence-corrected chi connectivity index (χ0v) is 17.6. The van der Waals surface area contributed by atoms with Gasteiger partial charge in [-0.25, -0.2) is 4.39 Å². The molecule has 156 valence electrons. The average Bonchev–Trinajstić information content (AvgIpc) is 2.95. The van der Waals surface area contributed by atoms with Crippen molar-refractivity contribution in [1.82, 2.24) is 0 Å². The number of hydrogen-bond acceptors (Lipinski definition) is 2. The Morgan fingerprint density at radius 3 is 2.52 bits per heavy atom. The fourth-order valence-corrected chi connectivity index (χ4v) is 7.41. The van der Waals surface area contributed by atoms with Crippen LogP contribution in [0.25, 0.3) is 6.08 Å². The van der Waals surface area contributed by atoms with Crippen LogP contribution in [-0.2, 0) is 0 Å². The molecule has 2 nitrogen and oxygen atoms in total. The third-order valence-corrected chi connectivity index (χ3v) is 9.17. The van der Waals surface area contributed by atoms with Crippen LogP contribution in [-0.4, -0.2) is 22.4 Å². The second kappa shape index (κ2) is 6.78. The van der Waals surface area contributed by atoms with Gasteiger partial charge in [0, 0.05) is 5.41 Å². The minimum atomic E-state index is -0.412. The largest absolute Gasteiger partial charge is 0.393 e. The molecular formula is C26H33FO2. The number of allylic oxidation sites excluding steroid dienone is 1. The summed E-state index contributed by atoms with van der Waals surface area (Å²) in [4.78, 5) is 0. The van der Waals surface area contributed by atoms with E-state index in [1.54, 1.807) is 12.1 Å². The molecule has 4 aliphatic carbocycles. The predicted octanol–water partition coefficient (Wildman–Crippen LogP) is 5.50. The molecule has 4 aliphatic rings. The van der Waals surface area contributed by atoms with E-state index in [0.29, 0.717) is 17.8 Å². The highest BCUT2D eigenvalue weighted by atomic mass is 19.1. The Morgan fingerprint density at radius 2 is 1.76 bits per heavy atom. The summed E-state index contributed by atoms with van der Waals surface area (Å²) >= 11 is 0. The number of aliphatic hydroxyl groups excluding tert-OH is 2. The van der Waals surface area contributed by atoms with E-state index in [1.165, 1.54) is 24.1 Å². The van der Waals surface area contributed by atoms with Crippen molar-refractivity contribution in [3.05, 3.63) is 52.9 Å². The van der Waals surface area contributed by atoms with Gasteiger partial charge in [0.15, 0.2) is 0 Å². The summed E-state index contributed by atoms with van der Waals surface area (Å²) in [6.45, 7) is 4.72. The molecule has 0 aliphatic heterocycles. The summed E-state index contributed by atoms with van der Waals surface area (Å²) in [5.41, 5.74) is 3.73. The van der Waals surface area contributed by atoms with Crippen molar-refractivity contribution in [2.24, 2.45) is 28.6 Å². The third-order valence-electron chi connectivity index (χ3n) is 9.17. The van der Waals surface area contributed by atoms with E-state index in [1.807, 2.05) is 0 Å². The van der Waals surface area contributed by atoms with Crippen LogP contribution < -0.4 is 0 Å². The number of rotatable bonds is 1. The smallest absolute Gasteiger partial charge is 0.123 e. The lowest BCUT2D eigenvalue weighted by Crippen LogP contribution is -2.51. The monoisotopic (exact) mass is 396 g/mol. The van der Waals surface area contributed by atoms with Crippen LogP contribution in [0, 0.1) is 34.4 Å². The second-order valence-electron chi connectivity index (χ2n) is 10.6. The molecule has 0 unspecified atom stereocenters. The van der Waals surface area contributed by atoms with Gasteiger partial charge >= 0.3 is 0 Å². The molecule has 3 saturated carbocycles. The predicted molar refractivity (Wildman–Crippen MR) is 113 cm³/mol. The standard InChI is InChI=1S/C26H33FO2/c1-25-11-9-20(28)15-18(25)5-8-21-22(25)10-12-26(2)23(21)14-17(24(26)29)13-16-3-6-19(27)7-4-16/h3-7,13,20-24,28-29H,8-12,14-15H2,1-2H3/b17-13-/t20-,21-,22+,23+,24+,25-,26+/m0/s1. The molecule has 2 N–H and O–H groups in total. The molecule has 5 rings (SSSR count). The lowest BCUT2D eigenvalue weighted by molar-refractivity contribution is -0.0685. The third kappa shape index (κ3) is 2.96. The van der Waals surface area contributed by atoms with Crippen molar-refractivity contribution in [2.75, 3.05) is 0 Å². The quantitative estimate of drug-likeness (QED) is 0.615. The van der Waals surface area contributed by atoms with E-state index in [2.05, 4.69) is 26.0 Å². The van der Waals surface area contributed by atoms with Crippen molar-refractivity contribution >= 4 is 6.08 Å². The summed E-state index contributed by atoms with van der Waals surface area (Å²) in [6, 6.07) is 6.58. The molecule has 1 aromatic carbocycles. The Kier molecular flexibility index (Phi) is 4.56. The molecule has 0 radical (unpaired) electrons. The van der Waals surface area contributed by atoms with Crippen molar-refractivity contribution < 1.29 is 14.6 Å². The van der Waals surface area contributed by atoms with E-state index >= 15 is 0 Å². The first-order valence-corrected chi connectivity index (χ1v) is 11.3. The molecule has 0 spiro atoms.